The van der Waals surface area contributed by atoms with Gasteiger partial charge in [0.15, 0.2) is 5.82 Å². The molecule has 0 spiro atoms. The monoisotopic (exact) mass is 382 g/mol. The molecule has 0 aliphatic heterocycles. The second-order valence-electron chi connectivity index (χ2n) is 6.06. The second kappa shape index (κ2) is 8.80. The van der Waals surface area contributed by atoms with Crippen molar-refractivity contribution in [2.24, 2.45) is 7.05 Å². The first-order chi connectivity index (χ1) is 13.5. The lowest BCUT2D eigenvalue weighted by Gasteiger charge is -2.08. The van der Waals surface area contributed by atoms with Crippen LogP contribution in [0.5, 0.6) is 5.88 Å². The minimum atomic E-state index is -0.247. The van der Waals surface area contributed by atoms with Gasteiger partial charge in [0, 0.05) is 32.5 Å². The molecule has 0 saturated carbocycles. The Bertz CT molecular complexity index is 939. The molecule has 0 atom stereocenters. The van der Waals surface area contributed by atoms with E-state index in [1.54, 1.807) is 31.6 Å². The first kappa shape index (κ1) is 19.1. The van der Waals surface area contributed by atoms with Gasteiger partial charge in [-0.25, -0.2) is 4.98 Å². The molecule has 0 bridgehead atoms. The van der Waals surface area contributed by atoms with Crippen LogP contribution in [0.4, 0.5) is 17.5 Å². The maximum absolute atomic E-state index is 12.2. The van der Waals surface area contributed by atoms with Crippen molar-refractivity contribution in [3.05, 3.63) is 47.8 Å². The molecule has 0 fully saturated rings. The van der Waals surface area contributed by atoms with E-state index in [9.17, 15) is 4.79 Å². The second-order valence-corrected chi connectivity index (χ2v) is 6.06. The van der Waals surface area contributed by atoms with Gasteiger partial charge in [-0.3, -0.25) is 9.48 Å². The van der Waals surface area contributed by atoms with Gasteiger partial charge in [0.1, 0.15) is 17.2 Å². The lowest BCUT2D eigenvalue weighted by molar-refractivity contribution is 0.0952. The van der Waals surface area contributed by atoms with Crippen molar-refractivity contribution in [1.29, 1.82) is 0 Å². The largest absolute Gasteiger partial charge is 0.479 e. The van der Waals surface area contributed by atoms with E-state index in [0.717, 1.165) is 5.56 Å². The van der Waals surface area contributed by atoms with Crippen LogP contribution in [-0.2, 0) is 7.05 Å². The minimum Gasteiger partial charge on any atom is -0.479 e. The van der Waals surface area contributed by atoms with E-state index in [4.69, 9.17) is 4.74 Å². The van der Waals surface area contributed by atoms with Crippen LogP contribution in [0.1, 0.15) is 15.9 Å². The van der Waals surface area contributed by atoms with Crippen LogP contribution in [0.3, 0.4) is 0 Å². The fourth-order valence-corrected chi connectivity index (χ4v) is 2.47. The Morgan fingerprint density at radius 2 is 1.93 bits per heavy atom. The fourth-order valence-electron chi connectivity index (χ4n) is 2.47. The van der Waals surface area contributed by atoms with E-state index in [1.807, 2.05) is 19.1 Å². The Kier molecular flexibility index (Phi) is 6.00. The van der Waals surface area contributed by atoms with Crippen LogP contribution in [-0.4, -0.2) is 51.1 Å². The molecule has 1 amide bonds. The Morgan fingerprint density at radius 1 is 1.14 bits per heavy atom. The molecule has 0 aromatic carbocycles. The Morgan fingerprint density at radius 3 is 2.64 bits per heavy atom. The van der Waals surface area contributed by atoms with Crippen LogP contribution >= 0.6 is 0 Å². The number of amides is 1. The van der Waals surface area contributed by atoms with Crippen molar-refractivity contribution in [3.63, 3.8) is 0 Å². The number of pyridine rings is 1. The summed E-state index contributed by atoms with van der Waals surface area (Å²) in [4.78, 5) is 16.4. The van der Waals surface area contributed by atoms with Crippen LogP contribution in [0.2, 0.25) is 0 Å². The molecule has 0 aliphatic rings. The van der Waals surface area contributed by atoms with Gasteiger partial charge in [-0.2, -0.15) is 0 Å². The van der Waals surface area contributed by atoms with Crippen molar-refractivity contribution < 1.29 is 9.53 Å². The predicted octanol–water partition coefficient (Wildman–Crippen LogP) is 1.51. The third-order valence-electron chi connectivity index (χ3n) is 3.79. The van der Waals surface area contributed by atoms with Crippen molar-refractivity contribution in [2.45, 2.75) is 6.92 Å². The molecule has 10 heteroatoms. The Hall–Kier alpha value is -3.69. The molecule has 3 aromatic heterocycles. The molecule has 3 rings (SSSR count). The fraction of sp³-hybridized carbons (Fsp3) is 0.278. The number of methoxy groups -OCH3 is 1. The van der Waals surface area contributed by atoms with Crippen molar-refractivity contribution >= 4 is 23.4 Å². The molecule has 3 heterocycles. The number of aromatic nitrogens is 5. The summed E-state index contributed by atoms with van der Waals surface area (Å²) < 4.78 is 6.62. The number of nitrogens with one attached hydrogen (secondary N) is 3. The number of carbonyl (C=O) groups is 1. The number of hydrogen-bond donors (Lipinski definition) is 3. The molecule has 3 aromatic rings. The summed E-state index contributed by atoms with van der Waals surface area (Å²) in [5.74, 6) is 1.97. The normalized spacial score (nSPS) is 10.4. The minimum absolute atomic E-state index is 0.247. The predicted molar refractivity (Wildman–Crippen MR) is 105 cm³/mol. The van der Waals surface area contributed by atoms with Gasteiger partial charge in [0.25, 0.3) is 5.91 Å². The molecule has 28 heavy (non-hydrogen) atoms. The summed E-state index contributed by atoms with van der Waals surface area (Å²) >= 11 is 0. The highest BCUT2D eigenvalue weighted by molar-refractivity contribution is 5.96. The third-order valence-corrected chi connectivity index (χ3v) is 3.79. The van der Waals surface area contributed by atoms with Gasteiger partial charge >= 0.3 is 0 Å². The van der Waals surface area contributed by atoms with Crippen LogP contribution in [0.25, 0.3) is 0 Å². The smallest absolute Gasteiger partial charge is 0.258 e. The first-order valence-electron chi connectivity index (χ1n) is 8.68. The summed E-state index contributed by atoms with van der Waals surface area (Å²) in [6.07, 6.45) is 3.35. The Balaban J connectivity index is 1.45. The number of nitrogens with zero attached hydrogens (tertiary/aromatic N) is 5. The lowest BCUT2D eigenvalue weighted by Crippen LogP contribution is -2.29. The molecule has 0 unspecified atom stereocenters. The van der Waals surface area contributed by atoms with Gasteiger partial charge < -0.3 is 20.7 Å². The highest BCUT2D eigenvalue weighted by Crippen LogP contribution is 2.14. The number of rotatable bonds is 8. The average molecular weight is 382 g/mol. The number of carbonyl (C=O) groups excluding carboxylic acids is 1. The van der Waals surface area contributed by atoms with E-state index < -0.39 is 0 Å². The van der Waals surface area contributed by atoms with Crippen LogP contribution < -0.4 is 20.7 Å². The molecule has 0 aliphatic carbocycles. The number of hydrogen-bond acceptors (Lipinski definition) is 8. The van der Waals surface area contributed by atoms with Gasteiger partial charge in [0.2, 0.25) is 5.88 Å². The molecule has 0 radical (unpaired) electrons. The standard InChI is InChI=1S/C18H22N8O2/c1-12-6-7-19-16(10-12)22-15-5-4-14(23-24-15)20-8-9-21-17(27)13-11-26(2)25-18(13)28-3/h4-7,10-11H,8-9H2,1-3H3,(H,20,23)(H,21,27)(H,19,22,24). The summed E-state index contributed by atoms with van der Waals surface area (Å²) in [7, 11) is 3.21. The summed E-state index contributed by atoms with van der Waals surface area (Å²) in [6, 6.07) is 7.45. The Labute approximate surface area is 162 Å². The van der Waals surface area contributed by atoms with Gasteiger partial charge in [-0.15, -0.1) is 15.3 Å². The zero-order valence-corrected chi connectivity index (χ0v) is 15.9. The molecule has 146 valence electrons. The number of anilines is 3. The summed E-state index contributed by atoms with van der Waals surface area (Å²) in [5.41, 5.74) is 1.50. The van der Waals surface area contributed by atoms with Gasteiger partial charge in [-0.05, 0) is 36.8 Å². The molecule has 10 nitrogen and oxygen atoms in total. The maximum atomic E-state index is 12.2. The van der Waals surface area contributed by atoms with Crippen molar-refractivity contribution in [2.75, 3.05) is 30.8 Å². The molecule has 3 N–H and O–H groups in total. The summed E-state index contributed by atoms with van der Waals surface area (Å²) in [6.45, 7) is 2.90. The van der Waals surface area contributed by atoms with E-state index in [1.165, 1.54) is 11.8 Å². The van der Waals surface area contributed by atoms with E-state index >= 15 is 0 Å². The molecule has 0 saturated heterocycles. The molecular weight excluding hydrogens is 360 g/mol. The zero-order valence-electron chi connectivity index (χ0n) is 15.9. The zero-order chi connectivity index (χ0) is 19.9. The number of aryl methyl sites for hydroxylation is 2. The first-order valence-corrected chi connectivity index (χ1v) is 8.68. The van der Waals surface area contributed by atoms with Crippen LogP contribution in [0.15, 0.2) is 36.7 Å². The highest BCUT2D eigenvalue weighted by atomic mass is 16.5. The topological polar surface area (TPSA) is 119 Å². The highest BCUT2D eigenvalue weighted by Gasteiger charge is 2.15. The average Bonchev–Trinajstić information content (AvgIpc) is 3.07. The quantitative estimate of drug-likeness (QED) is 0.502. The third kappa shape index (κ3) is 4.93. The summed E-state index contributed by atoms with van der Waals surface area (Å²) in [5, 5.41) is 21.3. The number of ether oxygens (including phenoxy) is 1. The van der Waals surface area contributed by atoms with E-state index in [0.29, 0.717) is 42.0 Å². The van der Waals surface area contributed by atoms with Gasteiger partial charge in [-0.1, -0.05) is 0 Å². The van der Waals surface area contributed by atoms with Crippen molar-refractivity contribution in [1.82, 2.24) is 30.3 Å². The molecular formula is C18H22N8O2. The lowest BCUT2D eigenvalue weighted by atomic mass is 10.3. The van der Waals surface area contributed by atoms with Gasteiger partial charge in [0.05, 0.1) is 7.11 Å². The van der Waals surface area contributed by atoms with E-state index in [2.05, 4.69) is 36.2 Å². The van der Waals surface area contributed by atoms with Crippen molar-refractivity contribution in [3.8, 4) is 5.88 Å². The van der Waals surface area contributed by atoms with Crippen LogP contribution in [0, 0.1) is 6.92 Å². The maximum Gasteiger partial charge on any atom is 0.258 e. The SMILES string of the molecule is COc1nn(C)cc1C(=O)NCCNc1ccc(Nc2cc(C)ccn2)nn1. The van der Waals surface area contributed by atoms with E-state index in [-0.39, 0.29) is 5.91 Å².